The Morgan fingerprint density at radius 2 is 2.15 bits per heavy atom. The minimum absolute atomic E-state index is 0.216. The number of aliphatic hydroxyl groups is 1. The number of benzene rings is 1. The van der Waals surface area contributed by atoms with Crippen molar-refractivity contribution in [1.82, 2.24) is 4.31 Å². The van der Waals surface area contributed by atoms with Crippen LogP contribution in [0.2, 0.25) is 0 Å². The molecule has 0 spiro atoms. The molecule has 0 bridgehead atoms. The molecule has 1 atom stereocenters. The maximum absolute atomic E-state index is 13.9. The maximum atomic E-state index is 13.9. The number of carboxylic acids is 1. The predicted molar refractivity (Wildman–Crippen MR) is 67.4 cm³/mol. The van der Waals surface area contributed by atoms with Gasteiger partial charge in [0.25, 0.3) is 0 Å². The van der Waals surface area contributed by atoms with Gasteiger partial charge in [0, 0.05) is 12.6 Å². The van der Waals surface area contributed by atoms with Gasteiger partial charge >= 0.3 is 5.97 Å². The first-order valence-corrected chi connectivity index (χ1v) is 7.47. The molecule has 6 nitrogen and oxygen atoms in total. The van der Waals surface area contributed by atoms with Crippen molar-refractivity contribution in [2.24, 2.45) is 0 Å². The Hall–Kier alpha value is -1.51. The second-order valence-corrected chi connectivity index (χ2v) is 6.40. The van der Waals surface area contributed by atoms with Gasteiger partial charge in [-0.2, -0.15) is 4.31 Å². The van der Waals surface area contributed by atoms with Crippen LogP contribution < -0.4 is 0 Å². The number of aliphatic hydroxyl groups excluding tert-OH is 1. The van der Waals surface area contributed by atoms with Gasteiger partial charge in [-0.15, -0.1) is 0 Å². The highest BCUT2D eigenvalue weighted by atomic mass is 32.2. The molecule has 0 radical (unpaired) electrons. The van der Waals surface area contributed by atoms with E-state index >= 15 is 0 Å². The number of rotatable bonds is 4. The van der Waals surface area contributed by atoms with Gasteiger partial charge in [-0.1, -0.05) is 0 Å². The van der Waals surface area contributed by atoms with E-state index in [1.165, 1.54) is 0 Å². The zero-order chi connectivity index (χ0) is 14.9. The van der Waals surface area contributed by atoms with Crippen LogP contribution in [0.5, 0.6) is 0 Å². The van der Waals surface area contributed by atoms with E-state index in [0.29, 0.717) is 18.9 Å². The lowest BCUT2D eigenvalue weighted by Crippen LogP contribution is -2.38. The molecule has 1 saturated heterocycles. The summed E-state index contributed by atoms with van der Waals surface area (Å²) in [5.74, 6) is -2.43. The number of halogens is 1. The third-order valence-electron chi connectivity index (χ3n) is 3.30. The second-order valence-electron chi connectivity index (χ2n) is 4.54. The topological polar surface area (TPSA) is 94.9 Å². The first-order valence-electron chi connectivity index (χ1n) is 6.03. The van der Waals surface area contributed by atoms with Gasteiger partial charge in [0.2, 0.25) is 10.0 Å². The molecule has 2 rings (SSSR count). The molecular formula is C12H14FNO5S. The van der Waals surface area contributed by atoms with Gasteiger partial charge in [0.1, 0.15) is 10.7 Å². The summed E-state index contributed by atoms with van der Waals surface area (Å²) in [6, 6.07) is 2.11. The van der Waals surface area contributed by atoms with Crippen molar-refractivity contribution in [3.8, 4) is 0 Å². The standard InChI is InChI=1S/C12H14FNO5S/c13-10-6-8(12(16)17)3-4-11(10)20(18,19)14-5-1-2-9(14)7-15/h3-4,6,9,15H,1-2,5,7H2,(H,16,17)/t9-/m0/s1. The Labute approximate surface area is 115 Å². The summed E-state index contributed by atoms with van der Waals surface area (Å²) in [6.45, 7) is -0.109. The predicted octanol–water partition coefficient (Wildman–Crippen LogP) is 0.669. The molecule has 1 aliphatic heterocycles. The Morgan fingerprint density at radius 3 is 2.70 bits per heavy atom. The van der Waals surface area contributed by atoms with Crippen LogP contribution in [0.4, 0.5) is 4.39 Å². The first kappa shape index (κ1) is 14.9. The lowest BCUT2D eigenvalue weighted by atomic mass is 10.2. The van der Waals surface area contributed by atoms with Crippen LogP contribution in [-0.2, 0) is 10.0 Å². The smallest absolute Gasteiger partial charge is 0.335 e. The number of aromatic carboxylic acids is 1. The van der Waals surface area contributed by atoms with Crippen molar-refractivity contribution in [2.45, 2.75) is 23.8 Å². The lowest BCUT2D eigenvalue weighted by molar-refractivity contribution is 0.0696. The van der Waals surface area contributed by atoms with Crippen LogP contribution >= 0.6 is 0 Å². The molecule has 1 aromatic rings. The number of carbonyl (C=O) groups is 1. The largest absolute Gasteiger partial charge is 0.478 e. The van der Waals surface area contributed by atoms with Crippen LogP contribution in [0.1, 0.15) is 23.2 Å². The monoisotopic (exact) mass is 303 g/mol. The van der Waals surface area contributed by atoms with E-state index in [9.17, 15) is 17.6 Å². The van der Waals surface area contributed by atoms with Gasteiger partial charge in [0.05, 0.1) is 12.2 Å². The maximum Gasteiger partial charge on any atom is 0.335 e. The molecule has 8 heteroatoms. The average molecular weight is 303 g/mol. The van der Waals surface area contributed by atoms with E-state index in [0.717, 1.165) is 16.4 Å². The molecule has 110 valence electrons. The highest BCUT2D eigenvalue weighted by Crippen LogP contribution is 2.27. The molecule has 0 aliphatic carbocycles. The van der Waals surface area contributed by atoms with E-state index in [-0.39, 0.29) is 18.7 Å². The summed E-state index contributed by atoms with van der Waals surface area (Å²) in [5, 5.41) is 17.9. The Morgan fingerprint density at radius 1 is 1.45 bits per heavy atom. The zero-order valence-corrected chi connectivity index (χ0v) is 11.3. The third-order valence-corrected chi connectivity index (χ3v) is 5.28. The van der Waals surface area contributed by atoms with Crippen LogP contribution in [-0.4, -0.2) is 48.1 Å². The van der Waals surface area contributed by atoms with Crippen LogP contribution in [0, 0.1) is 5.82 Å². The Bertz CT molecular complexity index is 631. The minimum atomic E-state index is -4.07. The quantitative estimate of drug-likeness (QED) is 0.852. The van der Waals surface area contributed by atoms with Crippen molar-refractivity contribution in [2.75, 3.05) is 13.2 Å². The zero-order valence-electron chi connectivity index (χ0n) is 10.5. The highest BCUT2D eigenvalue weighted by Gasteiger charge is 2.36. The van der Waals surface area contributed by atoms with E-state index in [4.69, 9.17) is 10.2 Å². The van der Waals surface area contributed by atoms with Crippen LogP contribution in [0.15, 0.2) is 23.1 Å². The molecule has 0 unspecified atom stereocenters. The number of nitrogens with zero attached hydrogens (tertiary/aromatic N) is 1. The fourth-order valence-corrected chi connectivity index (χ4v) is 4.01. The molecule has 0 amide bonds. The van der Waals surface area contributed by atoms with Gasteiger partial charge in [-0.05, 0) is 31.0 Å². The summed E-state index contributed by atoms with van der Waals surface area (Å²) in [5.41, 5.74) is -0.318. The molecular weight excluding hydrogens is 289 g/mol. The van der Waals surface area contributed by atoms with E-state index < -0.39 is 32.7 Å². The minimum Gasteiger partial charge on any atom is -0.478 e. The summed E-state index contributed by atoms with van der Waals surface area (Å²) in [6.07, 6.45) is 1.11. The summed E-state index contributed by atoms with van der Waals surface area (Å²) in [4.78, 5) is 10.1. The number of carboxylic acid groups (broad SMARTS) is 1. The van der Waals surface area contributed by atoms with Gasteiger partial charge < -0.3 is 10.2 Å². The molecule has 0 aromatic heterocycles. The van der Waals surface area contributed by atoms with E-state index in [1.807, 2.05) is 0 Å². The van der Waals surface area contributed by atoms with E-state index in [1.54, 1.807) is 0 Å². The SMILES string of the molecule is O=C(O)c1ccc(S(=O)(=O)N2CCC[C@H]2CO)c(F)c1. The third kappa shape index (κ3) is 2.54. The first-order chi connectivity index (χ1) is 9.37. The van der Waals surface area contributed by atoms with Gasteiger partial charge in [-0.25, -0.2) is 17.6 Å². The van der Waals surface area contributed by atoms with Crippen molar-refractivity contribution in [3.05, 3.63) is 29.6 Å². The second kappa shape index (κ2) is 5.47. The molecule has 2 N–H and O–H groups in total. The van der Waals surface area contributed by atoms with Crippen molar-refractivity contribution in [3.63, 3.8) is 0 Å². The summed E-state index contributed by atoms with van der Waals surface area (Å²) >= 11 is 0. The van der Waals surface area contributed by atoms with Gasteiger partial charge in [0.15, 0.2) is 0 Å². The fourth-order valence-electron chi connectivity index (χ4n) is 2.28. The molecule has 0 saturated carbocycles. The number of hydrogen-bond acceptors (Lipinski definition) is 4. The molecule has 1 aromatic carbocycles. The molecule has 1 aliphatic rings. The normalized spacial score (nSPS) is 20.2. The van der Waals surface area contributed by atoms with Gasteiger partial charge in [-0.3, -0.25) is 0 Å². The van der Waals surface area contributed by atoms with Crippen LogP contribution in [0.3, 0.4) is 0 Å². The van der Waals surface area contributed by atoms with E-state index in [2.05, 4.69) is 0 Å². The van der Waals surface area contributed by atoms with Crippen LogP contribution in [0.25, 0.3) is 0 Å². The highest BCUT2D eigenvalue weighted by molar-refractivity contribution is 7.89. The lowest BCUT2D eigenvalue weighted by Gasteiger charge is -2.22. The molecule has 1 heterocycles. The Balaban J connectivity index is 2.42. The number of sulfonamides is 1. The summed E-state index contributed by atoms with van der Waals surface area (Å²) in [7, 11) is -4.07. The Kier molecular flexibility index (Phi) is 4.07. The average Bonchev–Trinajstić information content (AvgIpc) is 2.87. The fraction of sp³-hybridized carbons (Fsp3) is 0.417. The van der Waals surface area contributed by atoms with Crippen molar-refractivity contribution in [1.29, 1.82) is 0 Å². The summed E-state index contributed by atoms with van der Waals surface area (Å²) < 4.78 is 39.6. The van der Waals surface area contributed by atoms with Crippen molar-refractivity contribution < 1.29 is 27.8 Å². The molecule has 20 heavy (non-hydrogen) atoms. The number of hydrogen-bond donors (Lipinski definition) is 2. The van der Waals surface area contributed by atoms with Crippen molar-refractivity contribution >= 4 is 16.0 Å². The molecule has 1 fully saturated rings.